The molecule has 1 aromatic rings. The van der Waals surface area contributed by atoms with Gasteiger partial charge in [-0.1, -0.05) is 19.3 Å². The van der Waals surface area contributed by atoms with Crippen molar-refractivity contribution in [1.29, 1.82) is 10.5 Å². The fourth-order valence-electron chi connectivity index (χ4n) is 2.44. The lowest BCUT2D eigenvalue weighted by atomic mass is 9.96. The van der Waals surface area contributed by atoms with Crippen molar-refractivity contribution < 1.29 is 0 Å². The number of nitrogens with zero attached hydrogens (tertiary/aromatic N) is 4. The van der Waals surface area contributed by atoms with Crippen molar-refractivity contribution in [3.05, 3.63) is 18.2 Å². The van der Waals surface area contributed by atoms with Gasteiger partial charge in [-0.25, -0.2) is 4.98 Å². The molecule has 1 aliphatic rings. The van der Waals surface area contributed by atoms with Gasteiger partial charge in [0.25, 0.3) is 0 Å². The number of hydrogen-bond donors (Lipinski definition) is 0. The SMILES string of the molecule is N#Cc1nccn1C1CCCCCC1C#N. The fraction of sp³-hybridized carbons (Fsp3) is 0.583. The second-order valence-electron chi connectivity index (χ2n) is 4.21. The van der Waals surface area contributed by atoms with Crippen LogP contribution in [0.4, 0.5) is 0 Å². The van der Waals surface area contributed by atoms with E-state index in [-0.39, 0.29) is 12.0 Å². The van der Waals surface area contributed by atoms with Gasteiger partial charge in [-0.3, -0.25) is 0 Å². The summed E-state index contributed by atoms with van der Waals surface area (Å²) in [5, 5.41) is 18.1. The van der Waals surface area contributed by atoms with Gasteiger partial charge in [0.05, 0.1) is 18.0 Å². The summed E-state index contributed by atoms with van der Waals surface area (Å²) in [7, 11) is 0. The Balaban J connectivity index is 2.30. The van der Waals surface area contributed by atoms with Gasteiger partial charge in [-0.15, -0.1) is 0 Å². The quantitative estimate of drug-likeness (QED) is 0.674. The summed E-state index contributed by atoms with van der Waals surface area (Å²) in [5.41, 5.74) is 0. The lowest BCUT2D eigenvalue weighted by molar-refractivity contribution is 0.370. The molecule has 1 heterocycles. The summed E-state index contributed by atoms with van der Waals surface area (Å²) in [6.45, 7) is 0. The Morgan fingerprint density at radius 3 is 2.81 bits per heavy atom. The van der Waals surface area contributed by atoms with Crippen LogP contribution < -0.4 is 0 Å². The molecular formula is C12H14N4. The Morgan fingerprint density at radius 1 is 1.25 bits per heavy atom. The molecule has 2 unspecified atom stereocenters. The Hall–Kier alpha value is -1.81. The lowest BCUT2D eigenvalue weighted by Gasteiger charge is -2.21. The van der Waals surface area contributed by atoms with Crippen LogP contribution in [0.3, 0.4) is 0 Å². The van der Waals surface area contributed by atoms with E-state index >= 15 is 0 Å². The van der Waals surface area contributed by atoms with Crippen molar-refractivity contribution >= 4 is 0 Å². The molecule has 2 rings (SSSR count). The molecule has 16 heavy (non-hydrogen) atoms. The minimum absolute atomic E-state index is 0.0174. The Labute approximate surface area is 95.1 Å². The molecule has 0 bridgehead atoms. The molecule has 1 aromatic heterocycles. The monoisotopic (exact) mass is 214 g/mol. The lowest BCUT2D eigenvalue weighted by Crippen LogP contribution is -2.18. The summed E-state index contributed by atoms with van der Waals surface area (Å²) in [4.78, 5) is 4.00. The minimum atomic E-state index is 0.0174. The highest BCUT2D eigenvalue weighted by atomic mass is 15.1. The number of nitriles is 2. The van der Waals surface area contributed by atoms with Gasteiger partial charge >= 0.3 is 0 Å². The van der Waals surface area contributed by atoms with Gasteiger partial charge in [0.15, 0.2) is 0 Å². The van der Waals surface area contributed by atoms with Gasteiger partial charge in [0.2, 0.25) is 5.82 Å². The van der Waals surface area contributed by atoms with Gasteiger partial charge in [0.1, 0.15) is 6.07 Å². The molecule has 0 amide bonds. The first kappa shape index (κ1) is 10.7. The van der Waals surface area contributed by atoms with Crippen LogP contribution in [-0.4, -0.2) is 9.55 Å². The van der Waals surface area contributed by atoms with Crippen LogP contribution in [0.5, 0.6) is 0 Å². The maximum atomic E-state index is 9.18. The van der Waals surface area contributed by atoms with E-state index < -0.39 is 0 Å². The molecule has 0 radical (unpaired) electrons. The molecule has 1 aliphatic carbocycles. The molecule has 82 valence electrons. The molecule has 2 atom stereocenters. The highest BCUT2D eigenvalue weighted by molar-refractivity contribution is 5.13. The molecule has 0 N–H and O–H groups in total. The van der Waals surface area contributed by atoms with Crippen molar-refractivity contribution in [1.82, 2.24) is 9.55 Å². The second kappa shape index (κ2) is 4.81. The van der Waals surface area contributed by atoms with Crippen LogP contribution in [0.25, 0.3) is 0 Å². The standard InChI is InChI=1S/C12H14N4/c13-8-10-4-2-1-3-5-11(10)16-7-6-15-12(16)9-14/h6-7,10-11H,1-5H2. The van der Waals surface area contributed by atoms with Crippen LogP contribution in [-0.2, 0) is 0 Å². The zero-order valence-electron chi connectivity index (χ0n) is 9.13. The van der Waals surface area contributed by atoms with Crippen LogP contribution in [0, 0.1) is 28.6 Å². The van der Waals surface area contributed by atoms with Crippen molar-refractivity contribution in [2.75, 3.05) is 0 Å². The van der Waals surface area contributed by atoms with Gasteiger partial charge in [-0.2, -0.15) is 10.5 Å². The molecule has 4 heteroatoms. The van der Waals surface area contributed by atoms with Gasteiger partial charge < -0.3 is 4.57 Å². The largest absolute Gasteiger partial charge is 0.318 e. The molecule has 4 nitrogen and oxygen atoms in total. The fourth-order valence-corrected chi connectivity index (χ4v) is 2.44. The molecule has 1 saturated carbocycles. The van der Waals surface area contributed by atoms with Crippen LogP contribution in [0.15, 0.2) is 12.4 Å². The summed E-state index contributed by atoms with van der Waals surface area (Å²) < 4.78 is 1.87. The highest BCUT2D eigenvalue weighted by Crippen LogP contribution is 2.32. The number of hydrogen-bond acceptors (Lipinski definition) is 3. The van der Waals surface area contributed by atoms with E-state index in [1.165, 1.54) is 6.42 Å². The van der Waals surface area contributed by atoms with E-state index in [1.807, 2.05) is 10.8 Å². The summed E-state index contributed by atoms with van der Waals surface area (Å²) in [6, 6.07) is 4.59. The predicted octanol–water partition coefficient (Wildman–Crippen LogP) is 2.40. The normalized spacial score (nSPS) is 25.4. The first-order valence-electron chi connectivity index (χ1n) is 5.69. The first-order chi connectivity index (χ1) is 7.86. The van der Waals surface area contributed by atoms with Crippen molar-refractivity contribution in [3.8, 4) is 12.1 Å². The second-order valence-corrected chi connectivity index (χ2v) is 4.21. The topological polar surface area (TPSA) is 65.4 Å². The summed E-state index contributed by atoms with van der Waals surface area (Å²) in [5.74, 6) is 0.441. The predicted molar refractivity (Wildman–Crippen MR) is 58.2 cm³/mol. The van der Waals surface area contributed by atoms with Crippen molar-refractivity contribution in [2.45, 2.75) is 38.1 Å². The van der Waals surface area contributed by atoms with E-state index in [0.717, 1.165) is 25.7 Å². The molecule has 0 saturated heterocycles. The summed E-state index contributed by atoms with van der Waals surface area (Å²) >= 11 is 0. The molecular weight excluding hydrogens is 200 g/mol. The zero-order chi connectivity index (χ0) is 11.4. The Kier molecular flexibility index (Phi) is 3.22. The molecule has 0 aliphatic heterocycles. The van der Waals surface area contributed by atoms with Crippen LogP contribution in [0.1, 0.15) is 44.0 Å². The van der Waals surface area contributed by atoms with E-state index in [1.54, 1.807) is 6.20 Å². The average Bonchev–Trinajstić information content (AvgIpc) is 2.66. The number of imidazole rings is 1. The Bertz CT molecular complexity index is 435. The van der Waals surface area contributed by atoms with Crippen molar-refractivity contribution in [3.63, 3.8) is 0 Å². The van der Waals surface area contributed by atoms with E-state index in [2.05, 4.69) is 17.1 Å². The van der Waals surface area contributed by atoms with E-state index in [0.29, 0.717) is 5.82 Å². The van der Waals surface area contributed by atoms with Crippen LogP contribution in [0.2, 0.25) is 0 Å². The summed E-state index contributed by atoms with van der Waals surface area (Å²) in [6.07, 6.45) is 8.80. The average molecular weight is 214 g/mol. The maximum Gasteiger partial charge on any atom is 0.213 e. The molecule has 0 aromatic carbocycles. The van der Waals surface area contributed by atoms with Crippen molar-refractivity contribution in [2.24, 2.45) is 5.92 Å². The Morgan fingerprint density at radius 2 is 2.06 bits per heavy atom. The molecule has 1 fully saturated rings. The third-order valence-corrected chi connectivity index (χ3v) is 3.27. The van der Waals surface area contributed by atoms with E-state index in [9.17, 15) is 5.26 Å². The first-order valence-corrected chi connectivity index (χ1v) is 5.69. The molecule has 0 spiro atoms. The van der Waals surface area contributed by atoms with Gasteiger partial charge in [-0.05, 0) is 12.8 Å². The minimum Gasteiger partial charge on any atom is -0.318 e. The maximum absolute atomic E-state index is 9.18. The number of aromatic nitrogens is 2. The van der Waals surface area contributed by atoms with Crippen LogP contribution >= 0.6 is 0 Å². The van der Waals surface area contributed by atoms with Gasteiger partial charge in [0, 0.05) is 12.4 Å². The smallest absolute Gasteiger partial charge is 0.213 e. The third kappa shape index (κ3) is 1.92. The third-order valence-electron chi connectivity index (χ3n) is 3.27. The highest BCUT2D eigenvalue weighted by Gasteiger charge is 2.26. The number of rotatable bonds is 1. The zero-order valence-corrected chi connectivity index (χ0v) is 9.13. The van der Waals surface area contributed by atoms with E-state index in [4.69, 9.17) is 5.26 Å².